The first-order valence-electron chi connectivity index (χ1n) is 9.91. The number of anilines is 1. The van der Waals surface area contributed by atoms with Gasteiger partial charge in [0.2, 0.25) is 0 Å². The zero-order chi connectivity index (χ0) is 24.3. The Morgan fingerprint density at radius 1 is 1.21 bits per heavy atom. The molecule has 0 aromatic heterocycles. The minimum absolute atomic E-state index is 0.0321. The summed E-state index contributed by atoms with van der Waals surface area (Å²) in [4.78, 5) is 49.1. The van der Waals surface area contributed by atoms with Gasteiger partial charge >= 0.3 is 6.03 Å². The first kappa shape index (κ1) is 24.2. The molecule has 0 unspecified atom stereocenters. The molecule has 0 spiro atoms. The number of benzene rings is 2. The van der Waals surface area contributed by atoms with Gasteiger partial charge in [0.25, 0.3) is 17.5 Å². The van der Waals surface area contributed by atoms with Crippen molar-refractivity contribution in [3.05, 3.63) is 61.2 Å². The third kappa shape index (κ3) is 5.30. The Morgan fingerprint density at radius 3 is 2.58 bits per heavy atom. The molecule has 2 aromatic carbocycles. The van der Waals surface area contributed by atoms with Gasteiger partial charge in [-0.3, -0.25) is 25.0 Å². The highest BCUT2D eigenvalue weighted by Crippen LogP contribution is 2.36. The second-order valence-electron chi connectivity index (χ2n) is 7.16. The van der Waals surface area contributed by atoms with E-state index in [0.717, 1.165) is 6.07 Å². The van der Waals surface area contributed by atoms with Crippen LogP contribution in [-0.4, -0.2) is 35.5 Å². The van der Waals surface area contributed by atoms with Crippen LogP contribution in [0.5, 0.6) is 11.5 Å². The normalized spacial score (nSPS) is 15.1. The Labute approximate surface area is 202 Å². The molecule has 10 nitrogen and oxygen atoms in total. The number of nitrogens with zero attached hydrogens (tertiary/aromatic N) is 2. The summed E-state index contributed by atoms with van der Waals surface area (Å²) in [5.74, 6) is -0.787. The number of carbonyl (C=O) groups is 3. The largest absolute Gasteiger partial charge is 0.490 e. The van der Waals surface area contributed by atoms with E-state index in [4.69, 9.17) is 9.47 Å². The predicted molar refractivity (Wildman–Crippen MR) is 128 cm³/mol. The van der Waals surface area contributed by atoms with Crippen molar-refractivity contribution < 1.29 is 28.8 Å². The van der Waals surface area contributed by atoms with E-state index in [2.05, 4.69) is 27.9 Å². The summed E-state index contributed by atoms with van der Waals surface area (Å²) in [6.45, 7) is 5.95. The number of rotatable bonds is 7. The van der Waals surface area contributed by atoms with Crippen LogP contribution in [-0.2, 0) is 9.59 Å². The molecule has 1 aliphatic heterocycles. The van der Waals surface area contributed by atoms with Gasteiger partial charge in [-0.15, -0.1) is 0 Å². The van der Waals surface area contributed by atoms with Crippen molar-refractivity contribution in [3.8, 4) is 11.5 Å². The summed E-state index contributed by atoms with van der Waals surface area (Å²) < 4.78 is 12.2. The zero-order valence-electron chi connectivity index (χ0n) is 18.0. The van der Waals surface area contributed by atoms with E-state index in [-0.39, 0.29) is 23.1 Å². The number of imide groups is 2. The van der Waals surface area contributed by atoms with Gasteiger partial charge in [0.1, 0.15) is 5.57 Å². The van der Waals surface area contributed by atoms with Crippen molar-refractivity contribution in [1.82, 2.24) is 5.32 Å². The van der Waals surface area contributed by atoms with Gasteiger partial charge in [0, 0.05) is 12.1 Å². The van der Waals surface area contributed by atoms with E-state index in [1.807, 2.05) is 20.8 Å². The molecule has 1 heterocycles. The summed E-state index contributed by atoms with van der Waals surface area (Å²) in [6.07, 6.45) is 1.24. The lowest BCUT2D eigenvalue weighted by molar-refractivity contribution is -0.384. The fourth-order valence-electron chi connectivity index (χ4n) is 3.09. The van der Waals surface area contributed by atoms with Crippen molar-refractivity contribution in [2.45, 2.75) is 26.9 Å². The quantitative estimate of drug-likeness (QED) is 0.176. The smallest absolute Gasteiger partial charge is 0.335 e. The molecular weight excluding hydrogens is 545 g/mol. The first-order valence-corrected chi connectivity index (χ1v) is 11.0. The number of nitro benzene ring substituents is 1. The molecule has 3 rings (SSSR count). The molecule has 172 valence electrons. The number of non-ortho nitro benzene ring substituents is 1. The molecule has 1 N–H and O–H groups in total. The van der Waals surface area contributed by atoms with Gasteiger partial charge < -0.3 is 9.47 Å². The number of carbonyl (C=O) groups excluding carboxylic acids is 3. The minimum Gasteiger partial charge on any atom is -0.490 e. The molecule has 33 heavy (non-hydrogen) atoms. The Morgan fingerprint density at radius 2 is 1.94 bits per heavy atom. The molecule has 1 fully saturated rings. The average Bonchev–Trinajstić information content (AvgIpc) is 2.73. The number of halogens is 1. The maximum atomic E-state index is 13.1. The lowest BCUT2D eigenvalue weighted by Crippen LogP contribution is -2.54. The summed E-state index contributed by atoms with van der Waals surface area (Å²) in [5.41, 5.74) is -0.162. The standard InChI is InChI=1S/C22H20IN3O7/c1-4-32-18-10-13(9-17(23)19(18)33-12(2)3)8-16-20(27)24-22(29)25(21(16)28)14-6-5-7-15(11-14)26(30)31/h5-12H,4H2,1-3H3,(H,24,27,29)/b16-8+. The maximum absolute atomic E-state index is 13.1. The summed E-state index contributed by atoms with van der Waals surface area (Å²) in [6, 6.07) is 7.37. The highest BCUT2D eigenvalue weighted by molar-refractivity contribution is 14.1. The van der Waals surface area contributed by atoms with Crippen molar-refractivity contribution >= 4 is 57.9 Å². The van der Waals surface area contributed by atoms with Crippen molar-refractivity contribution in [3.63, 3.8) is 0 Å². The van der Waals surface area contributed by atoms with Gasteiger partial charge in [0.15, 0.2) is 11.5 Å². The van der Waals surface area contributed by atoms with E-state index < -0.39 is 22.8 Å². The van der Waals surface area contributed by atoms with Crippen LogP contribution >= 0.6 is 22.6 Å². The minimum atomic E-state index is -0.993. The molecule has 2 aromatic rings. The molecule has 1 saturated heterocycles. The van der Waals surface area contributed by atoms with Gasteiger partial charge in [0.05, 0.1) is 26.9 Å². The highest BCUT2D eigenvalue weighted by Gasteiger charge is 2.37. The topological polar surface area (TPSA) is 128 Å². The van der Waals surface area contributed by atoms with Crippen LogP contribution < -0.4 is 19.7 Å². The molecule has 0 aliphatic carbocycles. The number of nitro groups is 1. The molecule has 0 bridgehead atoms. The zero-order valence-corrected chi connectivity index (χ0v) is 20.1. The Balaban J connectivity index is 2.04. The fraction of sp³-hybridized carbons (Fsp3) is 0.227. The SMILES string of the molecule is CCOc1cc(/C=C2\C(=O)NC(=O)N(c3cccc([N+](=O)[O-])c3)C2=O)cc(I)c1OC(C)C. The number of hydrogen-bond donors (Lipinski definition) is 1. The first-order chi connectivity index (χ1) is 15.6. The maximum Gasteiger partial charge on any atom is 0.335 e. The highest BCUT2D eigenvalue weighted by atomic mass is 127. The Kier molecular flexibility index (Phi) is 7.31. The van der Waals surface area contributed by atoms with Crippen molar-refractivity contribution in [1.29, 1.82) is 0 Å². The number of barbiturate groups is 1. The van der Waals surface area contributed by atoms with Gasteiger partial charge in [-0.25, -0.2) is 9.69 Å². The number of ether oxygens (including phenoxy) is 2. The Bertz CT molecular complexity index is 1180. The van der Waals surface area contributed by atoms with Crippen LogP contribution in [0.2, 0.25) is 0 Å². The van der Waals surface area contributed by atoms with E-state index in [1.54, 1.807) is 12.1 Å². The second kappa shape index (κ2) is 9.98. The van der Waals surface area contributed by atoms with Crippen LogP contribution in [0.25, 0.3) is 6.08 Å². The summed E-state index contributed by atoms with van der Waals surface area (Å²) in [5, 5.41) is 13.2. The van der Waals surface area contributed by atoms with Gasteiger partial charge in [-0.05, 0) is 73.2 Å². The number of urea groups is 1. The third-order valence-corrected chi connectivity index (χ3v) is 5.20. The van der Waals surface area contributed by atoms with Gasteiger partial charge in [-0.2, -0.15) is 0 Å². The molecule has 1 aliphatic rings. The van der Waals surface area contributed by atoms with E-state index in [1.165, 1.54) is 24.3 Å². The van der Waals surface area contributed by atoms with E-state index in [9.17, 15) is 24.5 Å². The Hall–Kier alpha value is -3.48. The van der Waals surface area contributed by atoms with E-state index in [0.29, 0.717) is 32.1 Å². The monoisotopic (exact) mass is 565 g/mol. The van der Waals surface area contributed by atoms with Crippen molar-refractivity contribution in [2.75, 3.05) is 11.5 Å². The van der Waals surface area contributed by atoms with Crippen LogP contribution in [0.3, 0.4) is 0 Å². The van der Waals surface area contributed by atoms with Gasteiger partial charge in [-0.1, -0.05) is 6.07 Å². The molecule has 11 heteroatoms. The van der Waals surface area contributed by atoms with Crippen molar-refractivity contribution in [2.24, 2.45) is 0 Å². The lowest BCUT2D eigenvalue weighted by Gasteiger charge is -2.26. The van der Waals surface area contributed by atoms with E-state index >= 15 is 0 Å². The third-order valence-electron chi connectivity index (χ3n) is 4.40. The molecular formula is C22H20IN3O7. The molecule has 0 radical (unpaired) electrons. The van der Waals surface area contributed by atoms with Crippen LogP contribution in [0.15, 0.2) is 42.0 Å². The number of nitrogens with one attached hydrogen (secondary N) is 1. The summed E-state index contributed by atoms with van der Waals surface area (Å²) in [7, 11) is 0. The van der Waals surface area contributed by atoms with Crippen LogP contribution in [0.1, 0.15) is 26.3 Å². The van der Waals surface area contributed by atoms with Crippen LogP contribution in [0.4, 0.5) is 16.2 Å². The predicted octanol–water partition coefficient (Wildman–Crippen LogP) is 4.05. The molecule has 0 atom stereocenters. The number of hydrogen-bond acceptors (Lipinski definition) is 7. The molecule has 0 saturated carbocycles. The lowest BCUT2D eigenvalue weighted by atomic mass is 10.1. The molecule has 4 amide bonds. The average molecular weight is 565 g/mol. The summed E-state index contributed by atoms with van der Waals surface area (Å²) >= 11 is 2.07. The van der Waals surface area contributed by atoms with Crippen LogP contribution in [0, 0.1) is 13.7 Å². The number of amides is 4. The second-order valence-corrected chi connectivity index (χ2v) is 8.33. The fourth-order valence-corrected chi connectivity index (χ4v) is 3.84.